The van der Waals surface area contributed by atoms with Gasteiger partial charge in [-0.1, -0.05) is 0 Å². The van der Waals surface area contributed by atoms with Crippen molar-refractivity contribution in [2.75, 3.05) is 0 Å². The zero-order chi connectivity index (χ0) is 12.0. The SMILES string of the molecule is NC1CCC(O)CC1.NC1CCC(O)CC1.[Cl-].[Cl-].[Pt+2]. The first kappa shape index (κ1) is 25.1. The second-order valence-corrected chi connectivity index (χ2v) is 5.14. The van der Waals surface area contributed by atoms with Crippen molar-refractivity contribution in [2.24, 2.45) is 11.5 Å². The van der Waals surface area contributed by atoms with Gasteiger partial charge >= 0.3 is 21.1 Å². The van der Waals surface area contributed by atoms with Gasteiger partial charge in [0, 0.05) is 12.1 Å². The zero-order valence-electron chi connectivity index (χ0n) is 11.1. The minimum absolute atomic E-state index is 0. The van der Waals surface area contributed by atoms with E-state index in [1.54, 1.807) is 0 Å². The standard InChI is InChI=1S/2C6H13NO.2ClH.Pt/c2*7-5-1-3-6(8)4-2-5;;;/h2*5-6,8H,1-4,7H2;2*1H;/q;;;;+2/p-2. The predicted octanol–water partition coefficient (Wildman–Crippen LogP) is -5.50. The molecular weight excluding hydrogens is 470 g/mol. The van der Waals surface area contributed by atoms with Crippen LogP contribution in [-0.2, 0) is 21.1 Å². The smallest absolute Gasteiger partial charge is 1.00 e. The number of nitrogens with two attached hydrogens (primary N) is 2. The number of hydrogen-bond acceptors (Lipinski definition) is 4. The van der Waals surface area contributed by atoms with E-state index in [9.17, 15) is 0 Å². The summed E-state index contributed by atoms with van der Waals surface area (Å²) in [5, 5.41) is 17.9. The molecule has 0 spiro atoms. The van der Waals surface area contributed by atoms with Gasteiger partial charge in [-0.25, -0.2) is 0 Å². The van der Waals surface area contributed by atoms with Gasteiger partial charge in [0.1, 0.15) is 0 Å². The molecule has 2 aliphatic carbocycles. The summed E-state index contributed by atoms with van der Waals surface area (Å²) in [6.07, 6.45) is 7.50. The molecule has 6 N–H and O–H groups in total. The summed E-state index contributed by atoms with van der Waals surface area (Å²) >= 11 is 0. The van der Waals surface area contributed by atoms with Crippen LogP contribution in [0.1, 0.15) is 51.4 Å². The maximum atomic E-state index is 8.97. The topological polar surface area (TPSA) is 92.5 Å². The van der Waals surface area contributed by atoms with Gasteiger partial charge in [0.25, 0.3) is 0 Å². The number of halogens is 2. The Morgan fingerprint density at radius 3 is 0.947 bits per heavy atom. The molecule has 0 bridgehead atoms. The summed E-state index contributed by atoms with van der Waals surface area (Å²) < 4.78 is 0. The fraction of sp³-hybridized carbons (Fsp3) is 1.00. The molecular formula is C12H26Cl2N2O2Pt. The molecule has 2 aliphatic rings. The van der Waals surface area contributed by atoms with Gasteiger partial charge < -0.3 is 46.5 Å². The number of aliphatic hydroxyl groups is 2. The third kappa shape index (κ3) is 12.6. The van der Waals surface area contributed by atoms with Crippen molar-refractivity contribution in [1.29, 1.82) is 0 Å². The Labute approximate surface area is 143 Å². The van der Waals surface area contributed by atoms with E-state index in [4.69, 9.17) is 21.7 Å². The Balaban J connectivity index is -0.000000233. The molecule has 0 unspecified atom stereocenters. The summed E-state index contributed by atoms with van der Waals surface area (Å²) in [4.78, 5) is 0. The monoisotopic (exact) mass is 495 g/mol. The van der Waals surface area contributed by atoms with E-state index in [-0.39, 0.29) is 58.1 Å². The Hall–Kier alpha value is 1.11. The Bertz CT molecular complexity index is 149. The van der Waals surface area contributed by atoms with E-state index in [0.717, 1.165) is 51.4 Å². The van der Waals surface area contributed by atoms with Crippen LogP contribution in [-0.4, -0.2) is 34.5 Å². The normalized spacial score (nSPS) is 33.5. The van der Waals surface area contributed by atoms with Crippen molar-refractivity contribution in [3.05, 3.63) is 0 Å². The molecule has 0 aromatic heterocycles. The summed E-state index contributed by atoms with van der Waals surface area (Å²) in [6.45, 7) is 0. The minimum atomic E-state index is -0.0604. The van der Waals surface area contributed by atoms with Crippen LogP contribution in [0.3, 0.4) is 0 Å². The molecule has 0 saturated heterocycles. The van der Waals surface area contributed by atoms with Crippen molar-refractivity contribution in [2.45, 2.75) is 75.7 Å². The Kier molecular flexibility index (Phi) is 18.6. The molecule has 0 amide bonds. The van der Waals surface area contributed by atoms with Gasteiger partial charge in [-0.2, -0.15) is 0 Å². The van der Waals surface area contributed by atoms with E-state index < -0.39 is 0 Å². The van der Waals surface area contributed by atoms with Gasteiger partial charge in [-0.05, 0) is 51.4 Å². The molecule has 7 heteroatoms. The van der Waals surface area contributed by atoms with Crippen LogP contribution >= 0.6 is 0 Å². The first-order chi connectivity index (χ1) is 7.58. The molecule has 0 atom stereocenters. The zero-order valence-corrected chi connectivity index (χ0v) is 14.9. The van der Waals surface area contributed by atoms with Gasteiger partial charge in [-0.3, -0.25) is 0 Å². The fourth-order valence-electron chi connectivity index (χ4n) is 2.20. The average molecular weight is 496 g/mol. The quantitative estimate of drug-likeness (QED) is 0.270. The summed E-state index contributed by atoms with van der Waals surface area (Å²) in [6, 6.07) is 0.719. The van der Waals surface area contributed by atoms with E-state index >= 15 is 0 Å². The van der Waals surface area contributed by atoms with Gasteiger partial charge in [0.05, 0.1) is 12.2 Å². The van der Waals surface area contributed by atoms with Crippen LogP contribution in [0.25, 0.3) is 0 Å². The number of aliphatic hydroxyl groups excluding tert-OH is 2. The second kappa shape index (κ2) is 14.1. The maximum Gasteiger partial charge on any atom is 2.00 e. The number of rotatable bonds is 0. The van der Waals surface area contributed by atoms with Crippen LogP contribution in [0.15, 0.2) is 0 Å². The van der Waals surface area contributed by atoms with E-state index in [1.165, 1.54) is 0 Å². The minimum Gasteiger partial charge on any atom is -1.00 e. The molecule has 4 nitrogen and oxygen atoms in total. The summed E-state index contributed by atoms with van der Waals surface area (Å²) in [5.74, 6) is 0. The number of hydrogen-bond donors (Lipinski definition) is 4. The summed E-state index contributed by atoms with van der Waals surface area (Å²) in [5.41, 5.74) is 11.2. The third-order valence-electron chi connectivity index (χ3n) is 3.48. The molecule has 19 heavy (non-hydrogen) atoms. The maximum absolute atomic E-state index is 8.97. The molecule has 0 heterocycles. The first-order valence-electron chi connectivity index (χ1n) is 6.45. The molecule has 2 rings (SSSR count). The van der Waals surface area contributed by atoms with Crippen molar-refractivity contribution in [3.63, 3.8) is 0 Å². The summed E-state index contributed by atoms with van der Waals surface area (Å²) in [7, 11) is 0. The van der Waals surface area contributed by atoms with Crippen molar-refractivity contribution in [3.8, 4) is 0 Å². The molecule has 0 radical (unpaired) electrons. The predicted molar refractivity (Wildman–Crippen MR) is 64.9 cm³/mol. The van der Waals surface area contributed by atoms with E-state index in [2.05, 4.69) is 0 Å². The van der Waals surface area contributed by atoms with Gasteiger partial charge in [-0.15, -0.1) is 0 Å². The Morgan fingerprint density at radius 2 is 0.789 bits per heavy atom. The van der Waals surface area contributed by atoms with Crippen LogP contribution in [0.4, 0.5) is 0 Å². The fourth-order valence-corrected chi connectivity index (χ4v) is 2.20. The van der Waals surface area contributed by atoms with Crippen molar-refractivity contribution >= 4 is 0 Å². The third-order valence-corrected chi connectivity index (χ3v) is 3.48. The second-order valence-electron chi connectivity index (χ2n) is 5.14. The van der Waals surface area contributed by atoms with Crippen LogP contribution in [0, 0.1) is 0 Å². The van der Waals surface area contributed by atoms with Crippen LogP contribution in [0.2, 0.25) is 0 Å². The van der Waals surface area contributed by atoms with Crippen molar-refractivity contribution < 1.29 is 56.1 Å². The Morgan fingerprint density at radius 1 is 0.579 bits per heavy atom. The molecule has 120 valence electrons. The molecule has 2 saturated carbocycles. The van der Waals surface area contributed by atoms with Gasteiger partial charge in [0.15, 0.2) is 0 Å². The van der Waals surface area contributed by atoms with Crippen molar-refractivity contribution in [1.82, 2.24) is 0 Å². The first-order valence-corrected chi connectivity index (χ1v) is 6.45. The molecule has 0 aromatic rings. The van der Waals surface area contributed by atoms with Crippen LogP contribution in [0.5, 0.6) is 0 Å². The largest absolute Gasteiger partial charge is 2.00 e. The van der Waals surface area contributed by atoms with Gasteiger partial charge in [0.2, 0.25) is 0 Å². The molecule has 0 aromatic carbocycles. The molecule has 2 fully saturated rings. The van der Waals surface area contributed by atoms with Crippen LogP contribution < -0.4 is 36.3 Å². The average Bonchev–Trinajstić information content (AvgIpc) is 2.28. The molecule has 0 aliphatic heterocycles. The van der Waals surface area contributed by atoms with E-state index in [0.29, 0.717) is 12.1 Å². The van der Waals surface area contributed by atoms with E-state index in [1.807, 2.05) is 0 Å².